The van der Waals surface area contributed by atoms with Crippen LogP contribution >= 0.6 is 11.8 Å². The van der Waals surface area contributed by atoms with Gasteiger partial charge in [0.1, 0.15) is 0 Å². The first-order valence-electron chi connectivity index (χ1n) is 9.36. The van der Waals surface area contributed by atoms with Gasteiger partial charge >= 0.3 is 0 Å². The molecule has 1 aliphatic heterocycles. The number of nitrogens with zero attached hydrogens (tertiary/aromatic N) is 4. The number of methoxy groups -OCH3 is 1. The minimum absolute atomic E-state index is 0.0148. The summed E-state index contributed by atoms with van der Waals surface area (Å²) in [6.07, 6.45) is 3.60. The molecule has 0 radical (unpaired) electrons. The fourth-order valence-corrected chi connectivity index (χ4v) is 3.95. The second kappa shape index (κ2) is 9.75. The molecule has 146 valence electrons. The highest BCUT2D eigenvalue weighted by molar-refractivity contribution is 7.99. The lowest BCUT2D eigenvalue weighted by Gasteiger charge is -2.27. The highest BCUT2D eigenvalue weighted by Crippen LogP contribution is 2.28. The van der Waals surface area contributed by atoms with Crippen LogP contribution in [0.1, 0.15) is 26.2 Å². The molecule has 1 atom stereocenters. The first-order chi connectivity index (χ1) is 13.2. The van der Waals surface area contributed by atoms with Gasteiger partial charge in [-0.3, -0.25) is 9.36 Å². The third kappa shape index (κ3) is 5.23. The number of carbonyl (C=O) groups excluding carboxylic acids is 1. The molecule has 3 rings (SSSR count). The van der Waals surface area contributed by atoms with Gasteiger partial charge in [-0.05, 0) is 38.3 Å². The number of para-hydroxylation sites is 1. The molecule has 27 heavy (non-hydrogen) atoms. The minimum Gasteiger partial charge on any atom is -0.383 e. The van der Waals surface area contributed by atoms with Gasteiger partial charge in [0.15, 0.2) is 5.16 Å². The zero-order chi connectivity index (χ0) is 19.1. The molecule has 0 aliphatic carbocycles. The SMILES string of the molecule is COCC(C)NC(=O)CSc1nnc(N2CCCCC2)n1-c1ccccc1. The average molecular weight is 390 g/mol. The Kier molecular flexibility index (Phi) is 7.11. The van der Waals surface area contributed by atoms with Crippen molar-refractivity contribution in [3.05, 3.63) is 30.3 Å². The van der Waals surface area contributed by atoms with Crippen LogP contribution in [-0.4, -0.2) is 59.3 Å². The Balaban J connectivity index is 1.76. The molecule has 0 spiro atoms. The Morgan fingerprint density at radius 3 is 2.67 bits per heavy atom. The summed E-state index contributed by atoms with van der Waals surface area (Å²) >= 11 is 1.40. The summed E-state index contributed by atoms with van der Waals surface area (Å²) in [6, 6.07) is 10.1. The van der Waals surface area contributed by atoms with Gasteiger partial charge in [-0.15, -0.1) is 10.2 Å². The maximum Gasteiger partial charge on any atom is 0.232 e. The lowest BCUT2D eigenvalue weighted by atomic mass is 10.1. The van der Waals surface area contributed by atoms with E-state index in [4.69, 9.17) is 4.74 Å². The van der Waals surface area contributed by atoms with Crippen LogP contribution in [-0.2, 0) is 9.53 Å². The number of piperidine rings is 1. The summed E-state index contributed by atoms with van der Waals surface area (Å²) in [5.41, 5.74) is 1.01. The lowest BCUT2D eigenvalue weighted by molar-refractivity contribution is -0.119. The standard InChI is InChI=1S/C19H27N5O2S/c1-15(13-26-2)20-17(25)14-27-19-22-21-18(23-11-7-4-8-12-23)24(19)16-9-5-3-6-10-16/h3,5-6,9-10,15H,4,7-8,11-14H2,1-2H3,(H,20,25). The Labute approximate surface area is 164 Å². The van der Waals surface area contributed by atoms with E-state index in [1.165, 1.54) is 31.0 Å². The van der Waals surface area contributed by atoms with E-state index in [2.05, 4.69) is 25.0 Å². The maximum absolute atomic E-state index is 12.2. The molecule has 8 heteroatoms. The summed E-state index contributed by atoms with van der Waals surface area (Å²) in [7, 11) is 1.63. The molecule has 1 amide bonds. The average Bonchev–Trinajstić information content (AvgIpc) is 3.12. The molecule has 1 saturated heterocycles. The van der Waals surface area contributed by atoms with Crippen molar-refractivity contribution < 1.29 is 9.53 Å². The number of thioether (sulfide) groups is 1. The molecule has 1 aliphatic rings. The Morgan fingerprint density at radius 2 is 1.96 bits per heavy atom. The predicted octanol–water partition coefficient (Wildman–Crippen LogP) is 2.50. The highest BCUT2D eigenvalue weighted by Gasteiger charge is 2.22. The molecule has 1 unspecified atom stereocenters. The van der Waals surface area contributed by atoms with Crippen LogP contribution < -0.4 is 10.2 Å². The van der Waals surface area contributed by atoms with Crippen LogP contribution in [0.2, 0.25) is 0 Å². The van der Waals surface area contributed by atoms with E-state index in [1.807, 2.05) is 37.3 Å². The van der Waals surface area contributed by atoms with E-state index < -0.39 is 0 Å². The second-order valence-electron chi connectivity index (χ2n) is 6.71. The van der Waals surface area contributed by atoms with E-state index in [9.17, 15) is 4.79 Å². The summed E-state index contributed by atoms with van der Waals surface area (Å²) in [4.78, 5) is 14.5. The van der Waals surface area contributed by atoms with Crippen LogP contribution in [0.4, 0.5) is 5.95 Å². The number of aromatic nitrogens is 3. The van der Waals surface area contributed by atoms with Crippen LogP contribution in [0, 0.1) is 0 Å². The van der Waals surface area contributed by atoms with Gasteiger partial charge in [0.2, 0.25) is 11.9 Å². The van der Waals surface area contributed by atoms with Crippen molar-refractivity contribution >= 4 is 23.6 Å². The number of hydrogen-bond acceptors (Lipinski definition) is 6. The van der Waals surface area contributed by atoms with Crippen molar-refractivity contribution in [3.63, 3.8) is 0 Å². The second-order valence-corrected chi connectivity index (χ2v) is 7.66. The van der Waals surface area contributed by atoms with Crippen LogP contribution in [0.3, 0.4) is 0 Å². The topological polar surface area (TPSA) is 72.3 Å². The Bertz CT molecular complexity index is 731. The summed E-state index contributed by atoms with van der Waals surface area (Å²) in [5.74, 6) is 1.11. The van der Waals surface area contributed by atoms with Crippen LogP contribution in [0.5, 0.6) is 0 Å². The molecule has 1 aromatic heterocycles. The molecule has 0 saturated carbocycles. The summed E-state index contributed by atoms with van der Waals surface area (Å²) in [6.45, 7) is 4.40. The molecular formula is C19H27N5O2S. The van der Waals surface area contributed by atoms with Crippen molar-refractivity contribution in [2.75, 3.05) is 37.5 Å². The monoisotopic (exact) mass is 389 g/mol. The number of ether oxygens (including phenoxy) is 1. The molecule has 1 N–H and O–H groups in total. The number of amides is 1. The fraction of sp³-hybridized carbons (Fsp3) is 0.526. The van der Waals surface area contributed by atoms with Gasteiger partial charge in [-0.1, -0.05) is 30.0 Å². The largest absolute Gasteiger partial charge is 0.383 e. The number of nitrogens with one attached hydrogen (secondary N) is 1. The van der Waals surface area contributed by atoms with Gasteiger partial charge in [-0.2, -0.15) is 0 Å². The molecule has 2 heterocycles. The number of carbonyl (C=O) groups is 1. The van der Waals surface area contributed by atoms with E-state index in [-0.39, 0.29) is 11.9 Å². The number of rotatable bonds is 8. The van der Waals surface area contributed by atoms with Crippen molar-refractivity contribution in [1.82, 2.24) is 20.1 Å². The number of hydrogen-bond donors (Lipinski definition) is 1. The first-order valence-corrected chi connectivity index (χ1v) is 10.3. The van der Waals surface area contributed by atoms with Gasteiger partial charge in [0.05, 0.1) is 18.0 Å². The Morgan fingerprint density at radius 1 is 1.22 bits per heavy atom. The predicted molar refractivity (Wildman–Crippen MR) is 108 cm³/mol. The molecule has 2 aromatic rings. The fourth-order valence-electron chi connectivity index (χ4n) is 3.20. The lowest BCUT2D eigenvalue weighted by Crippen LogP contribution is -2.36. The maximum atomic E-state index is 12.2. The normalized spacial score (nSPS) is 15.6. The van der Waals surface area contributed by atoms with Crippen molar-refractivity contribution in [1.29, 1.82) is 0 Å². The van der Waals surface area contributed by atoms with Crippen molar-refractivity contribution in [3.8, 4) is 5.69 Å². The smallest absolute Gasteiger partial charge is 0.232 e. The Hall–Kier alpha value is -2.06. The summed E-state index contributed by atoms with van der Waals surface area (Å²) < 4.78 is 7.12. The number of benzene rings is 1. The van der Waals surface area contributed by atoms with Gasteiger partial charge in [0, 0.05) is 26.2 Å². The van der Waals surface area contributed by atoms with Crippen LogP contribution in [0.15, 0.2) is 35.5 Å². The quantitative estimate of drug-likeness (QED) is 0.700. The molecule has 7 nitrogen and oxygen atoms in total. The van der Waals surface area contributed by atoms with Crippen molar-refractivity contribution in [2.45, 2.75) is 37.4 Å². The zero-order valence-electron chi connectivity index (χ0n) is 15.9. The van der Waals surface area contributed by atoms with Crippen LogP contribution in [0.25, 0.3) is 5.69 Å². The van der Waals surface area contributed by atoms with E-state index in [1.54, 1.807) is 7.11 Å². The minimum atomic E-state index is -0.0355. The molecule has 1 aromatic carbocycles. The van der Waals surface area contributed by atoms with E-state index in [0.717, 1.165) is 29.9 Å². The summed E-state index contributed by atoms with van der Waals surface area (Å²) in [5, 5.41) is 12.5. The molecular weight excluding hydrogens is 362 g/mol. The zero-order valence-corrected chi connectivity index (χ0v) is 16.7. The third-order valence-corrected chi connectivity index (χ3v) is 5.35. The molecule has 1 fully saturated rings. The third-order valence-electron chi connectivity index (χ3n) is 4.43. The van der Waals surface area contributed by atoms with Gasteiger partial charge in [0.25, 0.3) is 0 Å². The van der Waals surface area contributed by atoms with E-state index >= 15 is 0 Å². The van der Waals surface area contributed by atoms with E-state index in [0.29, 0.717) is 12.4 Å². The highest BCUT2D eigenvalue weighted by atomic mass is 32.2. The number of anilines is 1. The first kappa shape index (κ1) is 19.7. The van der Waals surface area contributed by atoms with Gasteiger partial charge in [-0.25, -0.2) is 0 Å². The van der Waals surface area contributed by atoms with Crippen molar-refractivity contribution in [2.24, 2.45) is 0 Å². The molecule has 0 bridgehead atoms. The van der Waals surface area contributed by atoms with Gasteiger partial charge < -0.3 is 15.0 Å².